The topological polar surface area (TPSA) is 147 Å². The van der Waals surface area contributed by atoms with Crippen LogP contribution in [-0.2, 0) is 11.2 Å². The number of hydrogen-bond donors (Lipinski definition) is 3. The highest BCUT2D eigenvalue weighted by Gasteiger charge is 2.33. The number of halogens is 1. The zero-order chi connectivity index (χ0) is 22.9. The van der Waals surface area contributed by atoms with Crippen LogP contribution in [0.3, 0.4) is 0 Å². The van der Waals surface area contributed by atoms with Gasteiger partial charge < -0.3 is 16.0 Å². The molecule has 0 unspecified atom stereocenters. The molecule has 0 radical (unpaired) electrons. The van der Waals surface area contributed by atoms with Crippen LogP contribution in [0.1, 0.15) is 28.9 Å². The molecule has 168 valence electrons. The number of Topliss-reactive ketones (excluding diaryl/α,β-unsaturated/α-hetero) is 1. The van der Waals surface area contributed by atoms with Gasteiger partial charge in [-0.05, 0) is 36.6 Å². The first-order valence-corrected chi connectivity index (χ1v) is 10.4. The highest BCUT2D eigenvalue weighted by atomic mass is 19.1. The minimum atomic E-state index is -0.624. The van der Waals surface area contributed by atoms with E-state index >= 15 is 0 Å². The highest BCUT2D eigenvalue weighted by Crippen LogP contribution is 2.27. The molecule has 1 aliphatic heterocycles. The smallest absolute Gasteiger partial charge is 0.266 e. The molecule has 0 spiro atoms. The maximum atomic E-state index is 13.1. The standard InChI is InChI=1S/C21H20FN9O2/c22-17-6-5-12(11-24-17)9-16(32)14-3-1-7-30(14)21-26-20(15-4-2-8-31(15)29-21)25-18-10-13(19(23)33)27-28-18/h2,4-6,8,10-11,14H,1,3,7,9H2,(H2,23,33)(H2,25,26,27,28,29)/t14-/m0/s1. The molecule has 4 N–H and O–H groups in total. The van der Waals surface area contributed by atoms with E-state index in [0.717, 1.165) is 6.42 Å². The van der Waals surface area contributed by atoms with E-state index < -0.39 is 17.9 Å². The Kier molecular flexibility index (Phi) is 5.17. The molecule has 11 nitrogen and oxygen atoms in total. The number of carbonyl (C=O) groups excluding carboxylic acids is 2. The van der Waals surface area contributed by atoms with E-state index in [0.29, 0.717) is 41.6 Å². The molecular weight excluding hydrogens is 429 g/mol. The molecule has 1 fully saturated rings. The fourth-order valence-corrected chi connectivity index (χ4v) is 3.94. The first kappa shape index (κ1) is 20.5. The number of nitrogens with zero attached hydrogens (tertiary/aromatic N) is 6. The van der Waals surface area contributed by atoms with Crippen LogP contribution in [0, 0.1) is 5.95 Å². The van der Waals surface area contributed by atoms with Crippen molar-refractivity contribution < 1.29 is 14.0 Å². The van der Waals surface area contributed by atoms with Crippen molar-refractivity contribution in [2.24, 2.45) is 5.73 Å². The minimum absolute atomic E-state index is 0.00924. The molecule has 5 heterocycles. The number of anilines is 3. The lowest BCUT2D eigenvalue weighted by Gasteiger charge is -2.24. The van der Waals surface area contributed by atoms with Gasteiger partial charge in [0, 0.05) is 31.4 Å². The van der Waals surface area contributed by atoms with Crippen molar-refractivity contribution in [1.82, 2.24) is 29.8 Å². The van der Waals surface area contributed by atoms with Crippen LogP contribution in [0.2, 0.25) is 0 Å². The second kappa shape index (κ2) is 8.30. The molecule has 1 aliphatic rings. The van der Waals surface area contributed by atoms with Gasteiger partial charge in [-0.15, -0.1) is 5.10 Å². The fraction of sp³-hybridized carbons (Fsp3) is 0.238. The summed E-state index contributed by atoms with van der Waals surface area (Å²) >= 11 is 0. The second-order valence-corrected chi connectivity index (χ2v) is 7.74. The zero-order valence-electron chi connectivity index (χ0n) is 17.4. The Morgan fingerprint density at radius 3 is 2.94 bits per heavy atom. The van der Waals surface area contributed by atoms with Gasteiger partial charge >= 0.3 is 0 Å². The molecule has 1 amide bonds. The highest BCUT2D eigenvalue weighted by molar-refractivity contribution is 5.92. The number of pyridine rings is 1. The van der Waals surface area contributed by atoms with E-state index in [1.807, 2.05) is 17.0 Å². The van der Waals surface area contributed by atoms with Gasteiger partial charge in [-0.25, -0.2) is 9.50 Å². The first-order valence-electron chi connectivity index (χ1n) is 10.4. The van der Waals surface area contributed by atoms with Crippen molar-refractivity contribution in [3.8, 4) is 0 Å². The molecule has 12 heteroatoms. The minimum Gasteiger partial charge on any atom is -0.364 e. The number of nitrogens with two attached hydrogens (primary N) is 1. The Bertz CT molecular complexity index is 1330. The number of aromatic nitrogens is 6. The summed E-state index contributed by atoms with van der Waals surface area (Å²) in [4.78, 5) is 34.5. The summed E-state index contributed by atoms with van der Waals surface area (Å²) in [5.74, 6) is 0.0104. The lowest BCUT2D eigenvalue weighted by molar-refractivity contribution is -0.119. The van der Waals surface area contributed by atoms with Crippen LogP contribution in [0.5, 0.6) is 0 Å². The quantitative estimate of drug-likeness (QED) is 0.361. The number of primary amides is 1. The van der Waals surface area contributed by atoms with Crippen molar-refractivity contribution in [1.29, 1.82) is 0 Å². The van der Waals surface area contributed by atoms with Crippen LogP contribution in [0.15, 0.2) is 42.7 Å². The Hall–Kier alpha value is -4.35. The third-order valence-electron chi connectivity index (χ3n) is 5.52. The van der Waals surface area contributed by atoms with Crippen molar-refractivity contribution in [3.05, 3.63) is 59.9 Å². The van der Waals surface area contributed by atoms with E-state index in [1.54, 1.807) is 16.8 Å². The Morgan fingerprint density at radius 2 is 2.18 bits per heavy atom. The summed E-state index contributed by atoms with van der Waals surface area (Å²) in [6, 6.07) is 7.56. The van der Waals surface area contributed by atoms with Gasteiger partial charge in [0.15, 0.2) is 17.4 Å². The third kappa shape index (κ3) is 4.10. The van der Waals surface area contributed by atoms with Crippen molar-refractivity contribution in [2.75, 3.05) is 16.8 Å². The summed E-state index contributed by atoms with van der Waals surface area (Å²) in [5.41, 5.74) is 6.79. The number of hydrogen-bond acceptors (Lipinski definition) is 8. The predicted molar refractivity (Wildman–Crippen MR) is 117 cm³/mol. The Balaban J connectivity index is 1.42. The lowest BCUT2D eigenvalue weighted by Crippen LogP contribution is -2.38. The number of fused-ring (bicyclic) bond motifs is 1. The van der Waals surface area contributed by atoms with Crippen LogP contribution >= 0.6 is 0 Å². The summed E-state index contributed by atoms with van der Waals surface area (Å²) in [6.07, 6.45) is 4.79. The number of rotatable bonds is 7. The van der Waals surface area contributed by atoms with Crippen LogP contribution in [0.25, 0.3) is 5.52 Å². The van der Waals surface area contributed by atoms with Gasteiger partial charge in [0.25, 0.3) is 5.91 Å². The molecule has 4 aromatic rings. The van der Waals surface area contributed by atoms with E-state index in [9.17, 15) is 14.0 Å². The monoisotopic (exact) mass is 449 g/mol. The zero-order valence-corrected chi connectivity index (χ0v) is 17.4. The van der Waals surface area contributed by atoms with E-state index in [-0.39, 0.29) is 17.9 Å². The van der Waals surface area contributed by atoms with Gasteiger partial charge in [-0.3, -0.25) is 14.7 Å². The largest absolute Gasteiger partial charge is 0.364 e. The molecule has 1 saturated heterocycles. The van der Waals surface area contributed by atoms with Crippen LogP contribution in [-0.4, -0.2) is 54.1 Å². The summed E-state index contributed by atoms with van der Waals surface area (Å²) in [6.45, 7) is 0.624. The molecule has 0 aliphatic carbocycles. The molecule has 4 aromatic heterocycles. The van der Waals surface area contributed by atoms with Gasteiger partial charge in [-0.1, -0.05) is 6.07 Å². The number of nitrogens with one attached hydrogen (secondary N) is 2. The van der Waals surface area contributed by atoms with Crippen molar-refractivity contribution in [3.63, 3.8) is 0 Å². The normalized spacial score (nSPS) is 15.8. The lowest BCUT2D eigenvalue weighted by atomic mass is 10.0. The van der Waals surface area contributed by atoms with Crippen molar-refractivity contribution >= 4 is 34.8 Å². The number of carbonyl (C=O) groups is 2. The summed E-state index contributed by atoms with van der Waals surface area (Å²) < 4.78 is 14.7. The van der Waals surface area contributed by atoms with E-state index in [1.165, 1.54) is 18.3 Å². The van der Waals surface area contributed by atoms with E-state index in [4.69, 9.17) is 5.73 Å². The predicted octanol–water partition coefficient (Wildman–Crippen LogP) is 1.61. The molecule has 0 bridgehead atoms. The van der Waals surface area contributed by atoms with Crippen molar-refractivity contribution in [2.45, 2.75) is 25.3 Å². The fourth-order valence-electron chi connectivity index (χ4n) is 3.94. The van der Waals surface area contributed by atoms with Gasteiger partial charge in [0.05, 0.1) is 6.04 Å². The Morgan fingerprint density at radius 1 is 1.30 bits per heavy atom. The van der Waals surface area contributed by atoms with Crippen LogP contribution < -0.4 is 16.0 Å². The maximum Gasteiger partial charge on any atom is 0.266 e. The molecule has 1 atom stereocenters. The maximum absolute atomic E-state index is 13.1. The average Bonchev–Trinajstić information content (AvgIpc) is 3.55. The SMILES string of the molecule is NC(=O)c1cc(Nc2nc(N3CCC[C@H]3C(=O)Cc3ccc(F)nc3)nn3cccc23)n[nH]1. The number of H-pyrrole nitrogens is 1. The van der Waals surface area contributed by atoms with Crippen LogP contribution in [0.4, 0.5) is 22.0 Å². The number of ketones is 1. The molecule has 0 aromatic carbocycles. The second-order valence-electron chi connectivity index (χ2n) is 7.74. The molecule has 0 saturated carbocycles. The number of amides is 1. The van der Waals surface area contributed by atoms with Gasteiger partial charge in [0.1, 0.15) is 11.2 Å². The molecule has 33 heavy (non-hydrogen) atoms. The Labute approximate surface area is 186 Å². The molecular formula is C21H20FN9O2. The third-order valence-corrected chi connectivity index (χ3v) is 5.52. The molecule has 5 rings (SSSR count). The van der Waals surface area contributed by atoms with Gasteiger partial charge in [0.2, 0.25) is 11.9 Å². The van der Waals surface area contributed by atoms with Gasteiger partial charge in [-0.2, -0.15) is 14.5 Å². The van der Waals surface area contributed by atoms with E-state index in [2.05, 4.69) is 30.6 Å². The number of aromatic amines is 1. The average molecular weight is 449 g/mol. The summed E-state index contributed by atoms with van der Waals surface area (Å²) in [5, 5.41) is 14.3. The summed E-state index contributed by atoms with van der Waals surface area (Å²) in [7, 11) is 0. The first-order chi connectivity index (χ1) is 16.0.